The van der Waals surface area contributed by atoms with Crippen LogP contribution in [-0.2, 0) is 26.1 Å². The van der Waals surface area contributed by atoms with Crippen molar-refractivity contribution in [2.45, 2.75) is 29.6 Å². The second kappa shape index (κ2) is 9.60. The predicted octanol–water partition coefficient (Wildman–Crippen LogP) is 3.25. The molecule has 1 aliphatic rings. The highest BCUT2D eigenvalue weighted by Gasteiger charge is 2.40. The first-order valence-electron chi connectivity index (χ1n) is 9.85. The van der Waals surface area contributed by atoms with E-state index in [1.54, 1.807) is 10.6 Å². The van der Waals surface area contributed by atoms with Crippen LogP contribution in [0.2, 0.25) is 4.34 Å². The number of methoxy groups -OCH3 is 1. The standard InChI is InChI=1S/C19H19ClN4O6S3/c1-30-10-9-22-14-11-12(24(26)27)4-5-15(14)31-19(22)21-18(25)13-3-2-8-23(13)33(28,29)17-7-6-16(20)32-17/h4-7,11,13H,2-3,8-10H2,1H3. The number of thiophene rings is 1. The summed E-state index contributed by atoms with van der Waals surface area (Å²) in [6, 6.07) is 6.44. The zero-order valence-electron chi connectivity index (χ0n) is 17.3. The molecule has 0 bridgehead atoms. The fourth-order valence-corrected chi connectivity index (χ4v) is 7.96. The summed E-state index contributed by atoms with van der Waals surface area (Å²) in [5, 5.41) is 11.2. The monoisotopic (exact) mass is 530 g/mol. The molecule has 0 spiro atoms. The van der Waals surface area contributed by atoms with Crippen molar-refractivity contribution in [2.24, 2.45) is 4.99 Å². The number of non-ortho nitro benzene ring substituents is 1. The number of ether oxygens (including phenoxy) is 1. The van der Waals surface area contributed by atoms with Crippen LogP contribution in [0.25, 0.3) is 10.2 Å². The number of amides is 1. The number of hydrogen-bond donors (Lipinski definition) is 0. The van der Waals surface area contributed by atoms with Crippen LogP contribution in [0.5, 0.6) is 0 Å². The van der Waals surface area contributed by atoms with Gasteiger partial charge in [-0.3, -0.25) is 14.9 Å². The SMILES string of the molecule is COCCn1c(=NC(=O)C2CCCN2S(=O)(=O)c2ccc(Cl)s2)sc2ccc([N+](=O)[O-])cc21. The lowest BCUT2D eigenvalue weighted by atomic mass is 10.2. The van der Waals surface area contributed by atoms with E-state index in [0.29, 0.717) is 45.3 Å². The summed E-state index contributed by atoms with van der Waals surface area (Å²) in [4.78, 5) is 28.4. The van der Waals surface area contributed by atoms with Crippen molar-refractivity contribution in [3.63, 3.8) is 0 Å². The van der Waals surface area contributed by atoms with Crippen molar-refractivity contribution < 1.29 is 22.9 Å². The topological polar surface area (TPSA) is 124 Å². The summed E-state index contributed by atoms with van der Waals surface area (Å²) in [6.07, 6.45) is 0.891. The van der Waals surface area contributed by atoms with Crippen LogP contribution in [0.1, 0.15) is 12.8 Å². The number of thiazole rings is 1. The molecule has 3 aromatic rings. The summed E-state index contributed by atoms with van der Waals surface area (Å²) in [5.41, 5.74) is 0.481. The minimum absolute atomic E-state index is 0.0768. The molecule has 4 rings (SSSR count). The second-order valence-electron chi connectivity index (χ2n) is 7.22. The molecule has 0 N–H and O–H groups in total. The molecule has 1 unspecified atom stereocenters. The fourth-order valence-electron chi connectivity index (χ4n) is 3.65. The Balaban J connectivity index is 1.74. The van der Waals surface area contributed by atoms with E-state index in [2.05, 4.69) is 4.99 Å². The van der Waals surface area contributed by atoms with Crippen LogP contribution in [0.4, 0.5) is 5.69 Å². The van der Waals surface area contributed by atoms with E-state index in [9.17, 15) is 23.3 Å². The molecule has 0 radical (unpaired) electrons. The van der Waals surface area contributed by atoms with Gasteiger partial charge in [-0.15, -0.1) is 11.3 Å². The molecule has 10 nitrogen and oxygen atoms in total. The molecule has 1 atom stereocenters. The van der Waals surface area contributed by atoms with E-state index in [4.69, 9.17) is 16.3 Å². The minimum Gasteiger partial charge on any atom is -0.383 e. The molecule has 1 saturated heterocycles. The van der Waals surface area contributed by atoms with Crippen molar-refractivity contribution in [1.82, 2.24) is 8.87 Å². The zero-order chi connectivity index (χ0) is 23.8. The lowest BCUT2D eigenvalue weighted by Gasteiger charge is -2.20. The first kappa shape index (κ1) is 24.0. The highest BCUT2D eigenvalue weighted by Crippen LogP contribution is 2.32. The number of rotatable bonds is 7. The number of aromatic nitrogens is 1. The molecule has 176 valence electrons. The smallest absolute Gasteiger partial charge is 0.271 e. The number of benzene rings is 1. The van der Waals surface area contributed by atoms with Crippen LogP contribution >= 0.6 is 34.3 Å². The largest absolute Gasteiger partial charge is 0.383 e. The average Bonchev–Trinajstić information content (AvgIpc) is 3.50. The van der Waals surface area contributed by atoms with E-state index in [0.717, 1.165) is 11.3 Å². The number of sulfonamides is 1. The molecular weight excluding hydrogens is 512 g/mol. The van der Waals surface area contributed by atoms with Crippen molar-refractivity contribution in [3.8, 4) is 0 Å². The van der Waals surface area contributed by atoms with E-state index in [1.807, 2.05) is 0 Å². The Labute approximate surface area is 201 Å². The number of fused-ring (bicyclic) bond motifs is 1. The van der Waals surface area contributed by atoms with Crippen molar-refractivity contribution in [3.05, 3.63) is 49.6 Å². The molecule has 2 aromatic heterocycles. The first-order chi connectivity index (χ1) is 15.7. The molecular formula is C19H19ClN4O6S3. The van der Waals surface area contributed by atoms with Gasteiger partial charge in [0.05, 0.1) is 26.1 Å². The van der Waals surface area contributed by atoms with Crippen LogP contribution < -0.4 is 4.80 Å². The lowest BCUT2D eigenvalue weighted by molar-refractivity contribution is -0.384. The second-order valence-corrected chi connectivity index (χ2v) is 12.1. The highest BCUT2D eigenvalue weighted by molar-refractivity contribution is 7.91. The van der Waals surface area contributed by atoms with E-state index >= 15 is 0 Å². The van der Waals surface area contributed by atoms with Gasteiger partial charge in [-0.05, 0) is 31.0 Å². The molecule has 1 fully saturated rings. The van der Waals surface area contributed by atoms with Gasteiger partial charge in [-0.1, -0.05) is 22.9 Å². The number of nitro benzene ring substituents is 1. The van der Waals surface area contributed by atoms with Gasteiger partial charge >= 0.3 is 0 Å². The van der Waals surface area contributed by atoms with Crippen LogP contribution in [0.15, 0.2) is 39.5 Å². The van der Waals surface area contributed by atoms with Gasteiger partial charge in [0.15, 0.2) is 4.80 Å². The Morgan fingerprint density at radius 1 is 1.33 bits per heavy atom. The van der Waals surface area contributed by atoms with Gasteiger partial charge in [0.1, 0.15) is 10.3 Å². The van der Waals surface area contributed by atoms with Crippen molar-refractivity contribution in [1.29, 1.82) is 0 Å². The third-order valence-corrected chi connectivity index (χ3v) is 9.87. The molecule has 1 aromatic carbocycles. The summed E-state index contributed by atoms with van der Waals surface area (Å²) in [7, 11) is -2.35. The summed E-state index contributed by atoms with van der Waals surface area (Å²) < 4.78 is 35.3. The van der Waals surface area contributed by atoms with Gasteiger partial charge in [-0.2, -0.15) is 9.30 Å². The van der Waals surface area contributed by atoms with E-state index in [1.165, 1.54) is 47.0 Å². The molecule has 1 aliphatic heterocycles. The average molecular weight is 531 g/mol. The maximum absolute atomic E-state index is 13.1. The van der Waals surface area contributed by atoms with Crippen LogP contribution in [-0.4, -0.2) is 54.4 Å². The Kier molecular flexibility index (Phi) is 6.98. The quantitative estimate of drug-likeness (QED) is 0.341. The third-order valence-electron chi connectivity index (χ3n) is 5.20. The molecule has 0 saturated carbocycles. The maximum Gasteiger partial charge on any atom is 0.271 e. The molecule has 0 aliphatic carbocycles. The van der Waals surface area contributed by atoms with Gasteiger partial charge in [-0.25, -0.2) is 8.42 Å². The van der Waals surface area contributed by atoms with Crippen molar-refractivity contribution in [2.75, 3.05) is 20.3 Å². The van der Waals surface area contributed by atoms with Gasteiger partial charge < -0.3 is 9.30 Å². The van der Waals surface area contributed by atoms with Crippen LogP contribution in [0.3, 0.4) is 0 Å². The number of nitrogens with zero attached hydrogens (tertiary/aromatic N) is 4. The lowest BCUT2D eigenvalue weighted by Crippen LogP contribution is -2.40. The number of carbonyl (C=O) groups excluding carboxylic acids is 1. The summed E-state index contributed by atoms with van der Waals surface area (Å²) in [5.74, 6) is -0.578. The van der Waals surface area contributed by atoms with Crippen molar-refractivity contribution >= 4 is 66.1 Å². The molecule has 14 heteroatoms. The zero-order valence-corrected chi connectivity index (χ0v) is 20.5. The molecule has 3 heterocycles. The Morgan fingerprint density at radius 2 is 2.12 bits per heavy atom. The van der Waals surface area contributed by atoms with Gasteiger partial charge in [0, 0.05) is 32.3 Å². The number of halogens is 1. The van der Waals surface area contributed by atoms with E-state index in [-0.39, 0.29) is 16.4 Å². The number of carbonyl (C=O) groups is 1. The highest BCUT2D eigenvalue weighted by atomic mass is 35.5. The summed E-state index contributed by atoms with van der Waals surface area (Å²) in [6.45, 7) is 0.842. The Hall–Kier alpha value is -2.16. The molecule has 1 amide bonds. The summed E-state index contributed by atoms with van der Waals surface area (Å²) >= 11 is 8.05. The Bertz CT molecular complexity index is 1390. The fraction of sp³-hybridized carbons (Fsp3) is 0.368. The minimum atomic E-state index is -3.88. The first-order valence-corrected chi connectivity index (χ1v) is 13.3. The predicted molar refractivity (Wildman–Crippen MR) is 125 cm³/mol. The number of nitro groups is 1. The normalized spacial score (nSPS) is 17.8. The molecule has 33 heavy (non-hydrogen) atoms. The Morgan fingerprint density at radius 3 is 2.79 bits per heavy atom. The number of hydrogen-bond acceptors (Lipinski definition) is 8. The van der Waals surface area contributed by atoms with Gasteiger partial charge in [0.25, 0.3) is 21.6 Å². The van der Waals surface area contributed by atoms with Crippen LogP contribution in [0, 0.1) is 10.1 Å². The van der Waals surface area contributed by atoms with E-state index < -0.39 is 26.9 Å². The maximum atomic E-state index is 13.1. The van der Waals surface area contributed by atoms with Gasteiger partial charge in [0.2, 0.25) is 0 Å². The third kappa shape index (κ3) is 4.74.